The SMILES string of the molecule is CCc1ccc(CCC(=O)N(Cc2ccc(Cl)cc2Cl)[C@H](C)C(=O)NC)cc1. The molecule has 2 rings (SSSR count). The van der Waals surface area contributed by atoms with Crippen molar-refractivity contribution in [3.8, 4) is 0 Å². The standard InChI is InChI=1S/C22H26Cl2N2O2/c1-4-16-5-7-17(8-6-16)9-12-21(27)26(15(2)22(28)25-3)14-18-10-11-19(23)13-20(18)24/h5-8,10-11,13,15H,4,9,12,14H2,1-3H3,(H,25,28)/t15-/m1/s1. The molecule has 0 unspecified atom stereocenters. The zero-order valence-corrected chi connectivity index (χ0v) is 18.0. The molecule has 4 nitrogen and oxygen atoms in total. The quantitative estimate of drug-likeness (QED) is 0.675. The molecule has 0 spiro atoms. The van der Waals surface area contributed by atoms with E-state index in [2.05, 4.69) is 36.5 Å². The number of halogens is 2. The van der Waals surface area contributed by atoms with Crippen molar-refractivity contribution in [3.05, 3.63) is 69.2 Å². The lowest BCUT2D eigenvalue weighted by Gasteiger charge is -2.29. The molecule has 0 saturated heterocycles. The van der Waals surface area contributed by atoms with E-state index in [1.165, 1.54) is 5.56 Å². The summed E-state index contributed by atoms with van der Waals surface area (Å²) in [6.45, 7) is 4.08. The van der Waals surface area contributed by atoms with Crippen molar-refractivity contribution >= 4 is 35.0 Å². The lowest BCUT2D eigenvalue weighted by Crippen LogP contribution is -2.46. The number of hydrogen-bond donors (Lipinski definition) is 1. The number of nitrogens with one attached hydrogen (secondary N) is 1. The summed E-state index contributed by atoms with van der Waals surface area (Å²) in [6.07, 6.45) is 1.92. The van der Waals surface area contributed by atoms with E-state index in [0.29, 0.717) is 22.9 Å². The number of likely N-dealkylation sites (N-methyl/N-ethyl adjacent to an activating group) is 1. The van der Waals surface area contributed by atoms with Gasteiger partial charge < -0.3 is 10.2 Å². The minimum Gasteiger partial charge on any atom is -0.357 e. The van der Waals surface area contributed by atoms with Crippen LogP contribution in [0.25, 0.3) is 0 Å². The van der Waals surface area contributed by atoms with E-state index >= 15 is 0 Å². The first-order chi connectivity index (χ1) is 13.3. The van der Waals surface area contributed by atoms with Crippen LogP contribution in [0.4, 0.5) is 0 Å². The smallest absolute Gasteiger partial charge is 0.242 e. The van der Waals surface area contributed by atoms with Gasteiger partial charge >= 0.3 is 0 Å². The Hall–Kier alpha value is -2.04. The molecule has 28 heavy (non-hydrogen) atoms. The number of carbonyl (C=O) groups is 2. The Morgan fingerprint density at radius 1 is 1.07 bits per heavy atom. The topological polar surface area (TPSA) is 49.4 Å². The van der Waals surface area contributed by atoms with Crippen LogP contribution in [0.2, 0.25) is 10.0 Å². The molecule has 2 aromatic rings. The molecule has 0 fully saturated rings. The Balaban J connectivity index is 2.14. The van der Waals surface area contributed by atoms with Gasteiger partial charge in [-0.1, -0.05) is 60.5 Å². The fourth-order valence-electron chi connectivity index (χ4n) is 2.96. The van der Waals surface area contributed by atoms with Crippen molar-refractivity contribution in [3.63, 3.8) is 0 Å². The number of benzene rings is 2. The van der Waals surface area contributed by atoms with E-state index < -0.39 is 6.04 Å². The van der Waals surface area contributed by atoms with Gasteiger partial charge in [-0.05, 0) is 48.6 Å². The van der Waals surface area contributed by atoms with Gasteiger partial charge in [0.05, 0.1) is 0 Å². The summed E-state index contributed by atoms with van der Waals surface area (Å²) in [4.78, 5) is 26.7. The van der Waals surface area contributed by atoms with E-state index in [-0.39, 0.29) is 18.4 Å². The maximum atomic E-state index is 13.0. The summed E-state index contributed by atoms with van der Waals surface area (Å²) >= 11 is 12.2. The third-order valence-corrected chi connectivity index (χ3v) is 5.42. The number of carbonyl (C=O) groups excluding carboxylic acids is 2. The first-order valence-electron chi connectivity index (χ1n) is 9.38. The zero-order chi connectivity index (χ0) is 20.7. The van der Waals surface area contributed by atoms with Gasteiger partial charge in [0, 0.05) is 30.1 Å². The number of nitrogens with zero attached hydrogens (tertiary/aromatic N) is 1. The zero-order valence-electron chi connectivity index (χ0n) is 16.5. The molecular weight excluding hydrogens is 395 g/mol. The molecule has 0 aliphatic heterocycles. The highest BCUT2D eigenvalue weighted by molar-refractivity contribution is 6.35. The third kappa shape index (κ3) is 5.98. The summed E-state index contributed by atoms with van der Waals surface area (Å²) in [6, 6.07) is 12.8. The molecule has 0 bridgehead atoms. The van der Waals surface area contributed by atoms with Gasteiger partial charge in [0.2, 0.25) is 11.8 Å². The van der Waals surface area contributed by atoms with Gasteiger partial charge in [0.15, 0.2) is 0 Å². The Kier molecular flexibility index (Phi) is 8.34. The van der Waals surface area contributed by atoms with Crippen molar-refractivity contribution in [2.45, 2.75) is 45.7 Å². The second-order valence-electron chi connectivity index (χ2n) is 6.72. The van der Waals surface area contributed by atoms with E-state index in [4.69, 9.17) is 23.2 Å². The Morgan fingerprint density at radius 2 is 1.71 bits per heavy atom. The van der Waals surface area contributed by atoms with Crippen LogP contribution in [-0.2, 0) is 29.0 Å². The average molecular weight is 421 g/mol. The molecule has 1 N–H and O–H groups in total. The molecule has 150 valence electrons. The average Bonchev–Trinajstić information content (AvgIpc) is 2.70. The number of rotatable bonds is 8. The molecule has 2 amide bonds. The van der Waals surface area contributed by atoms with Gasteiger partial charge in [-0.2, -0.15) is 0 Å². The summed E-state index contributed by atoms with van der Waals surface area (Å²) in [5.41, 5.74) is 3.12. The molecule has 2 aromatic carbocycles. The van der Waals surface area contributed by atoms with Gasteiger partial charge in [-0.25, -0.2) is 0 Å². The molecule has 1 atom stereocenters. The number of aryl methyl sites for hydroxylation is 2. The predicted octanol–water partition coefficient (Wildman–Crippen LogP) is 4.65. The highest BCUT2D eigenvalue weighted by Gasteiger charge is 2.25. The Morgan fingerprint density at radius 3 is 2.29 bits per heavy atom. The lowest BCUT2D eigenvalue weighted by molar-refractivity contribution is -0.140. The number of hydrogen-bond acceptors (Lipinski definition) is 2. The molecule has 0 aromatic heterocycles. The Bertz CT molecular complexity index is 822. The summed E-state index contributed by atoms with van der Waals surface area (Å²) in [5.74, 6) is -0.313. The van der Waals surface area contributed by atoms with Crippen molar-refractivity contribution in [1.82, 2.24) is 10.2 Å². The second kappa shape index (κ2) is 10.5. The molecule has 0 heterocycles. The van der Waals surface area contributed by atoms with Crippen LogP contribution >= 0.6 is 23.2 Å². The number of amides is 2. The maximum absolute atomic E-state index is 13.0. The molecule has 0 radical (unpaired) electrons. The molecule has 6 heteroatoms. The van der Waals surface area contributed by atoms with Crippen LogP contribution in [0.5, 0.6) is 0 Å². The van der Waals surface area contributed by atoms with Crippen molar-refractivity contribution in [2.24, 2.45) is 0 Å². The Labute approximate surface area is 176 Å². The van der Waals surface area contributed by atoms with Crippen LogP contribution in [0.1, 0.15) is 37.0 Å². The first kappa shape index (κ1) is 22.3. The molecular formula is C22H26Cl2N2O2. The maximum Gasteiger partial charge on any atom is 0.242 e. The minimum absolute atomic E-state index is 0.0957. The predicted molar refractivity (Wildman–Crippen MR) is 115 cm³/mol. The molecule has 0 aliphatic carbocycles. The van der Waals surface area contributed by atoms with Gasteiger partial charge in [0.25, 0.3) is 0 Å². The highest BCUT2D eigenvalue weighted by atomic mass is 35.5. The fraction of sp³-hybridized carbons (Fsp3) is 0.364. The fourth-order valence-corrected chi connectivity index (χ4v) is 3.43. The molecule has 0 aliphatic rings. The van der Waals surface area contributed by atoms with Crippen LogP contribution < -0.4 is 5.32 Å². The lowest BCUT2D eigenvalue weighted by atomic mass is 10.0. The summed E-state index contributed by atoms with van der Waals surface area (Å²) in [7, 11) is 1.56. The van der Waals surface area contributed by atoms with E-state index in [1.54, 1.807) is 37.1 Å². The minimum atomic E-state index is -0.605. The van der Waals surface area contributed by atoms with Crippen LogP contribution in [0.3, 0.4) is 0 Å². The van der Waals surface area contributed by atoms with E-state index in [9.17, 15) is 9.59 Å². The third-order valence-electron chi connectivity index (χ3n) is 4.83. The van der Waals surface area contributed by atoms with Crippen molar-refractivity contribution < 1.29 is 9.59 Å². The van der Waals surface area contributed by atoms with Crippen LogP contribution in [-0.4, -0.2) is 29.8 Å². The van der Waals surface area contributed by atoms with E-state index in [1.807, 2.05) is 0 Å². The van der Waals surface area contributed by atoms with Gasteiger partial charge in [-0.3, -0.25) is 9.59 Å². The first-order valence-corrected chi connectivity index (χ1v) is 10.1. The normalized spacial score (nSPS) is 11.8. The van der Waals surface area contributed by atoms with Gasteiger partial charge in [-0.15, -0.1) is 0 Å². The summed E-state index contributed by atoms with van der Waals surface area (Å²) in [5, 5.41) is 3.61. The van der Waals surface area contributed by atoms with Crippen LogP contribution in [0.15, 0.2) is 42.5 Å². The highest BCUT2D eigenvalue weighted by Crippen LogP contribution is 2.23. The van der Waals surface area contributed by atoms with Crippen molar-refractivity contribution in [2.75, 3.05) is 7.05 Å². The largest absolute Gasteiger partial charge is 0.357 e. The second-order valence-corrected chi connectivity index (χ2v) is 7.56. The van der Waals surface area contributed by atoms with E-state index in [0.717, 1.165) is 17.5 Å². The van der Waals surface area contributed by atoms with Gasteiger partial charge in [0.1, 0.15) is 6.04 Å². The monoisotopic (exact) mass is 420 g/mol. The summed E-state index contributed by atoms with van der Waals surface area (Å²) < 4.78 is 0. The van der Waals surface area contributed by atoms with Crippen LogP contribution in [0, 0.1) is 0 Å². The molecule has 0 saturated carbocycles. The van der Waals surface area contributed by atoms with Crippen molar-refractivity contribution in [1.29, 1.82) is 0 Å².